The fourth-order valence-electron chi connectivity index (χ4n) is 3.25. The van der Waals surface area contributed by atoms with Crippen LogP contribution >= 0.6 is 0 Å². The van der Waals surface area contributed by atoms with Crippen molar-refractivity contribution < 1.29 is 19.0 Å². The SMILES string of the molecule is CCCCCCCCCCOC(=O)c1ccc(OCCOc2ccccc2)c(C)c1. The van der Waals surface area contributed by atoms with Crippen molar-refractivity contribution in [3.05, 3.63) is 59.7 Å². The van der Waals surface area contributed by atoms with Crippen molar-refractivity contribution in [3.63, 3.8) is 0 Å². The Balaban J connectivity index is 1.62. The second kappa shape index (κ2) is 14.5. The fraction of sp³-hybridized carbons (Fsp3) is 0.500. The van der Waals surface area contributed by atoms with E-state index >= 15 is 0 Å². The molecule has 0 atom stereocenters. The average molecular weight is 413 g/mol. The van der Waals surface area contributed by atoms with Crippen LogP contribution in [-0.4, -0.2) is 25.8 Å². The van der Waals surface area contributed by atoms with Gasteiger partial charge in [-0.3, -0.25) is 0 Å². The van der Waals surface area contributed by atoms with Crippen LogP contribution in [0.4, 0.5) is 0 Å². The molecular formula is C26H36O4. The van der Waals surface area contributed by atoms with E-state index in [1.807, 2.05) is 49.4 Å². The summed E-state index contributed by atoms with van der Waals surface area (Å²) in [6.45, 7) is 5.56. The smallest absolute Gasteiger partial charge is 0.338 e. The van der Waals surface area contributed by atoms with Crippen molar-refractivity contribution >= 4 is 5.97 Å². The normalized spacial score (nSPS) is 10.6. The number of carbonyl (C=O) groups excluding carboxylic acids is 1. The summed E-state index contributed by atoms with van der Waals surface area (Å²) in [5, 5.41) is 0. The molecule has 0 amide bonds. The summed E-state index contributed by atoms with van der Waals surface area (Å²) >= 11 is 0. The number of esters is 1. The zero-order valence-corrected chi connectivity index (χ0v) is 18.5. The van der Waals surface area contributed by atoms with Gasteiger partial charge in [-0.25, -0.2) is 4.79 Å². The van der Waals surface area contributed by atoms with Crippen LogP contribution in [0.5, 0.6) is 11.5 Å². The van der Waals surface area contributed by atoms with Crippen molar-refractivity contribution in [3.8, 4) is 11.5 Å². The van der Waals surface area contributed by atoms with Gasteiger partial charge < -0.3 is 14.2 Å². The molecule has 0 spiro atoms. The predicted molar refractivity (Wildman–Crippen MR) is 122 cm³/mol. The molecule has 164 valence electrons. The Morgan fingerprint density at radius 3 is 2.13 bits per heavy atom. The quantitative estimate of drug-likeness (QED) is 0.240. The number of aryl methyl sites for hydroxylation is 1. The Morgan fingerprint density at radius 1 is 0.767 bits per heavy atom. The molecule has 0 aliphatic heterocycles. The number of unbranched alkanes of at least 4 members (excludes halogenated alkanes) is 7. The van der Waals surface area contributed by atoms with E-state index in [1.54, 1.807) is 6.07 Å². The Labute approximate surface area is 181 Å². The van der Waals surface area contributed by atoms with Crippen LogP contribution in [0.15, 0.2) is 48.5 Å². The molecule has 0 saturated carbocycles. The van der Waals surface area contributed by atoms with Gasteiger partial charge in [-0.1, -0.05) is 70.1 Å². The van der Waals surface area contributed by atoms with Crippen LogP contribution < -0.4 is 9.47 Å². The largest absolute Gasteiger partial charge is 0.490 e. The zero-order valence-electron chi connectivity index (χ0n) is 18.5. The summed E-state index contributed by atoms with van der Waals surface area (Å²) in [7, 11) is 0. The minimum Gasteiger partial charge on any atom is -0.490 e. The average Bonchev–Trinajstić information content (AvgIpc) is 2.77. The molecule has 0 saturated heterocycles. The first-order valence-electron chi connectivity index (χ1n) is 11.3. The van der Waals surface area contributed by atoms with Gasteiger partial charge in [0.15, 0.2) is 0 Å². The molecule has 0 bridgehead atoms. The van der Waals surface area contributed by atoms with Crippen molar-refractivity contribution in [2.24, 2.45) is 0 Å². The Hall–Kier alpha value is -2.49. The lowest BCUT2D eigenvalue weighted by Gasteiger charge is -2.11. The molecule has 0 aromatic heterocycles. The third-order valence-electron chi connectivity index (χ3n) is 4.99. The maximum atomic E-state index is 12.2. The molecule has 2 aromatic carbocycles. The maximum absolute atomic E-state index is 12.2. The van der Waals surface area contributed by atoms with Crippen LogP contribution in [0.2, 0.25) is 0 Å². The zero-order chi connectivity index (χ0) is 21.4. The van der Waals surface area contributed by atoms with Crippen molar-refractivity contribution in [1.82, 2.24) is 0 Å². The van der Waals surface area contributed by atoms with Gasteiger partial charge >= 0.3 is 5.97 Å². The Morgan fingerprint density at radius 2 is 1.43 bits per heavy atom. The standard InChI is InChI=1S/C26H36O4/c1-3-4-5-6-7-8-9-13-18-30-26(27)23-16-17-25(22(2)21-23)29-20-19-28-24-14-11-10-12-15-24/h10-12,14-17,21H,3-9,13,18-20H2,1-2H3. The molecule has 0 aliphatic carbocycles. The molecule has 0 aliphatic rings. The second-order valence-corrected chi connectivity index (χ2v) is 7.60. The van der Waals surface area contributed by atoms with Gasteiger partial charge in [-0.2, -0.15) is 0 Å². The summed E-state index contributed by atoms with van der Waals surface area (Å²) in [4.78, 5) is 12.2. The topological polar surface area (TPSA) is 44.8 Å². The predicted octanol–water partition coefficient (Wildman–Crippen LogP) is 6.75. The first kappa shape index (κ1) is 23.8. The highest BCUT2D eigenvalue weighted by Gasteiger charge is 2.10. The van der Waals surface area contributed by atoms with Crippen LogP contribution in [-0.2, 0) is 4.74 Å². The number of ether oxygens (including phenoxy) is 3. The Kier molecular flexibility index (Phi) is 11.5. The highest BCUT2D eigenvalue weighted by atomic mass is 16.5. The van der Waals surface area contributed by atoms with E-state index in [-0.39, 0.29) is 5.97 Å². The van der Waals surface area contributed by atoms with Gasteiger partial charge in [0, 0.05) is 0 Å². The molecule has 2 aromatic rings. The maximum Gasteiger partial charge on any atom is 0.338 e. The van der Waals surface area contributed by atoms with Crippen LogP contribution in [0.25, 0.3) is 0 Å². The number of hydrogen-bond donors (Lipinski definition) is 0. The molecule has 4 nitrogen and oxygen atoms in total. The van der Waals surface area contributed by atoms with Gasteiger partial charge in [-0.05, 0) is 49.2 Å². The summed E-state index contributed by atoms with van der Waals surface area (Å²) < 4.78 is 16.8. The first-order valence-corrected chi connectivity index (χ1v) is 11.3. The van der Waals surface area contributed by atoms with Gasteiger partial charge in [0.1, 0.15) is 24.7 Å². The lowest BCUT2D eigenvalue weighted by atomic mass is 10.1. The summed E-state index contributed by atoms with van der Waals surface area (Å²) in [5.74, 6) is 1.32. The van der Waals surface area contributed by atoms with E-state index in [0.29, 0.717) is 25.4 Å². The third-order valence-corrected chi connectivity index (χ3v) is 4.99. The van der Waals surface area contributed by atoms with Gasteiger partial charge in [0.2, 0.25) is 0 Å². The van der Waals surface area contributed by atoms with Crippen LogP contribution in [0.3, 0.4) is 0 Å². The van der Waals surface area contributed by atoms with Crippen molar-refractivity contribution in [2.75, 3.05) is 19.8 Å². The van der Waals surface area contributed by atoms with Crippen molar-refractivity contribution in [2.45, 2.75) is 65.2 Å². The first-order chi connectivity index (χ1) is 14.7. The minimum absolute atomic E-state index is 0.264. The molecular weight excluding hydrogens is 376 g/mol. The summed E-state index contributed by atoms with van der Waals surface area (Å²) in [5.41, 5.74) is 1.48. The fourth-order valence-corrected chi connectivity index (χ4v) is 3.25. The molecule has 0 fully saturated rings. The summed E-state index contributed by atoms with van der Waals surface area (Å²) in [6, 6.07) is 15.1. The molecule has 30 heavy (non-hydrogen) atoms. The van der Waals surface area contributed by atoms with E-state index in [0.717, 1.165) is 29.9 Å². The number of rotatable bonds is 15. The highest BCUT2D eigenvalue weighted by Crippen LogP contribution is 2.20. The van der Waals surface area contributed by atoms with Crippen LogP contribution in [0.1, 0.15) is 74.2 Å². The number of benzene rings is 2. The van der Waals surface area contributed by atoms with E-state index in [9.17, 15) is 4.79 Å². The number of carbonyl (C=O) groups is 1. The third kappa shape index (κ3) is 9.34. The number of hydrogen-bond acceptors (Lipinski definition) is 4. The molecule has 0 heterocycles. The van der Waals surface area contributed by atoms with Crippen molar-refractivity contribution in [1.29, 1.82) is 0 Å². The molecule has 0 N–H and O–H groups in total. The van der Waals surface area contributed by atoms with E-state index in [4.69, 9.17) is 14.2 Å². The van der Waals surface area contributed by atoms with Gasteiger partial charge in [0.25, 0.3) is 0 Å². The van der Waals surface area contributed by atoms with E-state index in [2.05, 4.69) is 6.92 Å². The summed E-state index contributed by atoms with van der Waals surface area (Å²) in [6.07, 6.45) is 9.83. The number of para-hydroxylation sites is 1. The molecule has 0 unspecified atom stereocenters. The minimum atomic E-state index is -0.264. The highest BCUT2D eigenvalue weighted by molar-refractivity contribution is 5.89. The lowest BCUT2D eigenvalue weighted by molar-refractivity contribution is 0.0497. The molecule has 0 radical (unpaired) electrons. The second-order valence-electron chi connectivity index (χ2n) is 7.60. The van der Waals surface area contributed by atoms with E-state index in [1.165, 1.54) is 38.5 Å². The van der Waals surface area contributed by atoms with Gasteiger partial charge in [-0.15, -0.1) is 0 Å². The monoisotopic (exact) mass is 412 g/mol. The molecule has 4 heteroatoms. The van der Waals surface area contributed by atoms with Gasteiger partial charge in [0.05, 0.1) is 12.2 Å². The molecule has 2 rings (SSSR count). The lowest BCUT2D eigenvalue weighted by Crippen LogP contribution is -2.10. The Bertz CT molecular complexity index is 727. The van der Waals surface area contributed by atoms with Crippen LogP contribution in [0, 0.1) is 6.92 Å². The van der Waals surface area contributed by atoms with E-state index < -0.39 is 0 Å².